The van der Waals surface area contributed by atoms with Gasteiger partial charge in [-0.2, -0.15) is 0 Å². The van der Waals surface area contributed by atoms with Crippen molar-refractivity contribution in [2.45, 2.75) is 82.3 Å². The van der Waals surface area contributed by atoms with Crippen LogP contribution in [0.2, 0.25) is 0 Å². The number of carbonyl (C=O) groups is 2. The van der Waals surface area contributed by atoms with Crippen molar-refractivity contribution in [3.8, 4) is 0 Å². The van der Waals surface area contributed by atoms with Crippen LogP contribution in [0.5, 0.6) is 0 Å². The maximum absolute atomic E-state index is 12.8. The first-order valence-electron chi connectivity index (χ1n) is 12.4. The summed E-state index contributed by atoms with van der Waals surface area (Å²) in [5, 5.41) is 6.69. The summed E-state index contributed by atoms with van der Waals surface area (Å²) in [6, 6.07) is 9.21. The average Bonchev–Trinajstić information content (AvgIpc) is 3.44. The normalized spacial score (nSPS) is 26.6. The average molecular weight is 439 g/mol. The molecule has 0 spiro atoms. The van der Waals surface area contributed by atoms with Crippen molar-refractivity contribution in [3.63, 3.8) is 0 Å². The molecule has 2 N–H and O–H groups in total. The Morgan fingerprint density at radius 2 is 1.94 bits per heavy atom. The second-order valence-electron chi connectivity index (χ2n) is 9.79. The molecule has 2 amide bonds. The number of carbonyl (C=O) groups excluding carboxylic acids is 2. The Labute approximate surface area is 192 Å². The summed E-state index contributed by atoms with van der Waals surface area (Å²) in [6.07, 6.45) is 9.75. The molecular weight excluding hydrogens is 400 g/mol. The van der Waals surface area contributed by atoms with Gasteiger partial charge in [0.25, 0.3) is 0 Å². The quantitative estimate of drug-likeness (QED) is 0.613. The molecule has 6 nitrogen and oxygen atoms in total. The molecule has 4 unspecified atom stereocenters. The van der Waals surface area contributed by atoms with E-state index in [1.54, 1.807) is 7.05 Å². The van der Waals surface area contributed by atoms with E-state index < -0.39 is 0 Å². The summed E-state index contributed by atoms with van der Waals surface area (Å²) in [6.45, 7) is 3.79. The van der Waals surface area contributed by atoms with Crippen molar-refractivity contribution in [2.75, 3.05) is 20.1 Å². The zero-order valence-corrected chi connectivity index (χ0v) is 19.6. The predicted octanol–water partition coefficient (Wildman–Crippen LogP) is 3.06. The number of rotatable bonds is 8. The van der Waals surface area contributed by atoms with Crippen LogP contribution in [-0.2, 0) is 16.0 Å². The monoisotopic (exact) mass is 438 g/mol. The van der Waals surface area contributed by atoms with E-state index in [1.165, 1.54) is 17.5 Å². The maximum atomic E-state index is 12.8. The van der Waals surface area contributed by atoms with E-state index in [1.807, 2.05) is 11.1 Å². The molecule has 2 aliphatic heterocycles. The minimum atomic E-state index is -0.0907. The van der Waals surface area contributed by atoms with E-state index >= 15 is 0 Å². The summed E-state index contributed by atoms with van der Waals surface area (Å²) < 4.78 is 0. The van der Waals surface area contributed by atoms with Crippen molar-refractivity contribution in [1.82, 2.24) is 15.5 Å². The number of hydrogen-bond donors (Lipinski definition) is 2. The van der Waals surface area contributed by atoms with E-state index in [-0.39, 0.29) is 18.0 Å². The number of aliphatic imine (C=N–C) groups is 1. The first-order chi connectivity index (χ1) is 15.6. The minimum Gasteiger partial charge on any atom is -0.347 e. The van der Waals surface area contributed by atoms with Crippen LogP contribution < -0.4 is 10.6 Å². The fourth-order valence-corrected chi connectivity index (χ4v) is 5.76. The van der Waals surface area contributed by atoms with Crippen LogP contribution in [-0.4, -0.2) is 61.2 Å². The van der Waals surface area contributed by atoms with Gasteiger partial charge in [0.1, 0.15) is 0 Å². The Kier molecular flexibility index (Phi) is 7.61. The molecule has 2 saturated heterocycles. The van der Waals surface area contributed by atoms with Crippen molar-refractivity contribution >= 4 is 18.0 Å². The lowest BCUT2D eigenvalue weighted by atomic mass is 9.88. The molecule has 174 valence electrons. The first-order valence-corrected chi connectivity index (χ1v) is 12.4. The van der Waals surface area contributed by atoms with Gasteiger partial charge < -0.3 is 15.5 Å². The molecule has 4 rings (SSSR count). The van der Waals surface area contributed by atoms with Crippen LogP contribution in [0.25, 0.3) is 0 Å². The zero-order valence-electron chi connectivity index (χ0n) is 19.6. The van der Waals surface area contributed by atoms with Gasteiger partial charge in [0, 0.05) is 38.8 Å². The number of nitrogens with zero attached hydrogens (tertiary/aromatic N) is 2. The number of likely N-dealkylation sites (tertiary alicyclic amines) is 1. The van der Waals surface area contributed by atoms with Crippen LogP contribution in [0.1, 0.15) is 68.9 Å². The lowest BCUT2D eigenvalue weighted by Crippen LogP contribution is -2.51. The van der Waals surface area contributed by atoms with Crippen molar-refractivity contribution in [3.05, 3.63) is 35.4 Å². The van der Waals surface area contributed by atoms with Gasteiger partial charge >= 0.3 is 0 Å². The number of fused-ring (bicyclic) bond motifs is 2. The fourth-order valence-electron chi connectivity index (χ4n) is 5.76. The molecule has 32 heavy (non-hydrogen) atoms. The lowest BCUT2D eigenvalue weighted by molar-refractivity contribution is -0.132. The SMILES string of the molecule is CCCC(=O)N1CCC(c2ccc(CC(C=NC)NC(=O)C3NC4CCC3C4)cc2)CC1. The molecule has 3 fully saturated rings. The van der Waals surface area contributed by atoms with E-state index in [4.69, 9.17) is 0 Å². The molecule has 2 heterocycles. The van der Waals surface area contributed by atoms with Gasteiger partial charge in [-0.3, -0.25) is 14.6 Å². The Balaban J connectivity index is 1.30. The minimum absolute atomic E-state index is 0.0426. The highest BCUT2D eigenvalue weighted by atomic mass is 16.2. The Morgan fingerprint density at radius 3 is 2.53 bits per heavy atom. The molecular formula is C26H38N4O2. The number of hydrogen-bond acceptors (Lipinski definition) is 4. The first kappa shape index (κ1) is 23.0. The van der Waals surface area contributed by atoms with Gasteiger partial charge in [0.2, 0.25) is 11.8 Å². The number of nitrogens with one attached hydrogen (secondary N) is 2. The van der Waals surface area contributed by atoms with Gasteiger partial charge in [-0.25, -0.2) is 0 Å². The maximum Gasteiger partial charge on any atom is 0.237 e. The van der Waals surface area contributed by atoms with Gasteiger partial charge in [-0.15, -0.1) is 0 Å². The second kappa shape index (κ2) is 10.6. The number of piperidine rings is 2. The molecule has 0 aromatic heterocycles. The molecule has 3 aliphatic rings. The molecule has 1 saturated carbocycles. The third-order valence-electron chi connectivity index (χ3n) is 7.52. The molecule has 1 aromatic rings. The van der Waals surface area contributed by atoms with Gasteiger partial charge in [-0.1, -0.05) is 31.2 Å². The van der Waals surface area contributed by atoms with Crippen LogP contribution in [0, 0.1) is 5.92 Å². The molecule has 4 atom stereocenters. The third-order valence-corrected chi connectivity index (χ3v) is 7.52. The van der Waals surface area contributed by atoms with E-state index in [0.717, 1.165) is 51.6 Å². The highest BCUT2D eigenvalue weighted by molar-refractivity contribution is 5.86. The van der Waals surface area contributed by atoms with Crippen molar-refractivity contribution < 1.29 is 9.59 Å². The standard InChI is InChI=1S/C26H38N4O2/c1-3-4-24(31)30-13-11-20(12-14-30)19-7-5-18(6-8-19)15-23(17-27-2)29-26(32)25-21-9-10-22(16-21)28-25/h5-8,17,20-23,25,28H,3-4,9-16H2,1-2H3,(H,29,32). The van der Waals surface area contributed by atoms with E-state index in [2.05, 4.69) is 46.8 Å². The largest absolute Gasteiger partial charge is 0.347 e. The highest BCUT2D eigenvalue weighted by Gasteiger charge is 2.42. The predicted molar refractivity (Wildman–Crippen MR) is 128 cm³/mol. The molecule has 1 aliphatic carbocycles. The molecule has 0 radical (unpaired) electrons. The summed E-state index contributed by atoms with van der Waals surface area (Å²) >= 11 is 0. The van der Waals surface area contributed by atoms with Crippen LogP contribution >= 0.6 is 0 Å². The third kappa shape index (κ3) is 5.40. The van der Waals surface area contributed by atoms with Crippen LogP contribution in [0.4, 0.5) is 0 Å². The number of benzene rings is 1. The van der Waals surface area contributed by atoms with Crippen molar-refractivity contribution in [2.24, 2.45) is 10.9 Å². The summed E-state index contributed by atoms with van der Waals surface area (Å²) in [5.74, 6) is 1.42. The highest BCUT2D eigenvalue weighted by Crippen LogP contribution is 2.35. The van der Waals surface area contributed by atoms with Gasteiger partial charge in [-0.05, 0) is 67.9 Å². The van der Waals surface area contributed by atoms with Gasteiger partial charge in [0.05, 0.1) is 12.1 Å². The Morgan fingerprint density at radius 1 is 1.19 bits per heavy atom. The fraction of sp³-hybridized carbons (Fsp3) is 0.654. The second-order valence-corrected chi connectivity index (χ2v) is 9.79. The van der Waals surface area contributed by atoms with E-state index in [0.29, 0.717) is 30.2 Å². The summed E-state index contributed by atoms with van der Waals surface area (Å²) in [5.41, 5.74) is 2.56. The number of amides is 2. The zero-order chi connectivity index (χ0) is 22.5. The summed E-state index contributed by atoms with van der Waals surface area (Å²) in [7, 11) is 1.76. The van der Waals surface area contributed by atoms with Crippen LogP contribution in [0.3, 0.4) is 0 Å². The van der Waals surface area contributed by atoms with Crippen molar-refractivity contribution in [1.29, 1.82) is 0 Å². The Bertz CT molecular complexity index is 814. The lowest BCUT2D eigenvalue weighted by Gasteiger charge is -2.32. The molecule has 1 aromatic carbocycles. The molecule has 6 heteroatoms. The van der Waals surface area contributed by atoms with E-state index in [9.17, 15) is 9.59 Å². The van der Waals surface area contributed by atoms with Crippen LogP contribution in [0.15, 0.2) is 29.3 Å². The Hall–Kier alpha value is -2.21. The van der Waals surface area contributed by atoms with Gasteiger partial charge in [0.15, 0.2) is 0 Å². The smallest absolute Gasteiger partial charge is 0.237 e. The topological polar surface area (TPSA) is 73.8 Å². The summed E-state index contributed by atoms with van der Waals surface area (Å²) in [4.78, 5) is 31.2. The molecule has 2 bridgehead atoms.